The number of fused-ring (bicyclic) bond motifs is 2. The molecule has 156 valence electrons. The highest BCUT2D eigenvalue weighted by Gasteiger charge is 2.31. The standard InChI is InChI=1S/C24H25F2N3O/c25-17-5-7-19-20(24(30)28-22(19)11-17)13-27-18-6-8-23(21(26)12-18)29-10-9-15-3-1-2-4-16(15)14-29/h5-8,11-13,15-16,28,30H,1-4,9-10,14H2. The molecule has 2 unspecified atom stereocenters. The quantitative estimate of drug-likeness (QED) is 0.528. The third kappa shape index (κ3) is 3.55. The summed E-state index contributed by atoms with van der Waals surface area (Å²) in [5.74, 6) is 0.733. The van der Waals surface area contributed by atoms with E-state index in [2.05, 4.69) is 14.9 Å². The Morgan fingerprint density at radius 1 is 1.03 bits per heavy atom. The van der Waals surface area contributed by atoms with Crippen molar-refractivity contribution in [2.24, 2.45) is 16.8 Å². The molecule has 4 nitrogen and oxygen atoms in total. The van der Waals surface area contributed by atoms with Crippen molar-refractivity contribution >= 4 is 28.5 Å². The summed E-state index contributed by atoms with van der Waals surface area (Å²) in [5.41, 5.74) is 2.05. The maximum absolute atomic E-state index is 14.9. The van der Waals surface area contributed by atoms with Crippen LogP contribution in [0.2, 0.25) is 0 Å². The first kappa shape index (κ1) is 19.1. The number of benzene rings is 2. The summed E-state index contributed by atoms with van der Waals surface area (Å²) in [4.78, 5) is 9.25. The SMILES string of the molecule is Oc1[nH]c2cc(F)ccc2c1C=Nc1ccc(N2CCC3CCCCC3C2)c(F)c1. The van der Waals surface area contributed by atoms with Crippen LogP contribution in [0.3, 0.4) is 0 Å². The number of aliphatic imine (C=N–C) groups is 1. The van der Waals surface area contributed by atoms with Gasteiger partial charge in [-0.25, -0.2) is 8.78 Å². The molecule has 2 aliphatic rings. The number of aromatic amines is 1. The predicted octanol–water partition coefficient (Wildman–Crippen LogP) is 5.92. The largest absolute Gasteiger partial charge is 0.494 e. The Labute approximate surface area is 174 Å². The highest BCUT2D eigenvalue weighted by atomic mass is 19.1. The van der Waals surface area contributed by atoms with Gasteiger partial charge in [0.2, 0.25) is 0 Å². The Bertz CT molecular complexity index is 1110. The molecule has 2 heterocycles. The van der Waals surface area contributed by atoms with Gasteiger partial charge in [-0.3, -0.25) is 4.99 Å². The summed E-state index contributed by atoms with van der Waals surface area (Å²) in [6.45, 7) is 1.84. The second kappa shape index (κ2) is 7.74. The number of rotatable bonds is 3. The second-order valence-electron chi connectivity index (χ2n) is 8.51. The molecule has 2 fully saturated rings. The minimum absolute atomic E-state index is 0.0909. The lowest BCUT2D eigenvalue weighted by atomic mass is 9.75. The number of aromatic nitrogens is 1. The average Bonchev–Trinajstić information content (AvgIpc) is 3.06. The minimum Gasteiger partial charge on any atom is -0.494 e. The molecule has 1 saturated heterocycles. The number of halogens is 2. The van der Waals surface area contributed by atoms with Gasteiger partial charge in [0.15, 0.2) is 5.88 Å². The fourth-order valence-corrected chi connectivity index (χ4v) is 5.10. The molecular weight excluding hydrogens is 384 g/mol. The zero-order valence-corrected chi connectivity index (χ0v) is 16.7. The van der Waals surface area contributed by atoms with Gasteiger partial charge in [0, 0.05) is 30.8 Å². The zero-order chi connectivity index (χ0) is 20.7. The summed E-state index contributed by atoms with van der Waals surface area (Å²) < 4.78 is 28.3. The van der Waals surface area contributed by atoms with Crippen molar-refractivity contribution in [3.05, 3.63) is 53.6 Å². The first-order chi connectivity index (χ1) is 14.6. The van der Waals surface area contributed by atoms with E-state index in [0.717, 1.165) is 25.4 Å². The fourth-order valence-electron chi connectivity index (χ4n) is 5.10. The van der Waals surface area contributed by atoms with Crippen molar-refractivity contribution in [1.29, 1.82) is 0 Å². The topological polar surface area (TPSA) is 51.6 Å². The van der Waals surface area contributed by atoms with E-state index in [0.29, 0.717) is 33.8 Å². The maximum Gasteiger partial charge on any atom is 0.198 e. The summed E-state index contributed by atoms with van der Waals surface area (Å²) in [5, 5.41) is 10.8. The van der Waals surface area contributed by atoms with Crippen molar-refractivity contribution < 1.29 is 13.9 Å². The Balaban J connectivity index is 1.36. The Morgan fingerprint density at radius 3 is 2.70 bits per heavy atom. The van der Waals surface area contributed by atoms with E-state index in [1.165, 1.54) is 50.1 Å². The molecule has 30 heavy (non-hydrogen) atoms. The number of hydrogen-bond donors (Lipinski definition) is 2. The average molecular weight is 409 g/mol. The van der Waals surface area contributed by atoms with Crippen LogP contribution in [0.15, 0.2) is 41.4 Å². The third-order valence-corrected chi connectivity index (χ3v) is 6.69. The zero-order valence-electron chi connectivity index (χ0n) is 16.7. The number of nitrogens with zero attached hydrogens (tertiary/aromatic N) is 2. The molecule has 0 radical (unpaired) electrons. The monoisotopic (exact) mass is 409 g/mol. The number of nitrogens with one attached hydrogen (secondary N) is 1. The van der Waals surface area contributed by atoms with Crippen LogP contribution in [0.4, 0.5) is 20.2 Å². The first-order valence-corrected chi connectivity index (χ1v) is 10.7. The van der Waals surface area contributed by atoms with Gasteiger partial charge in [-0.1, -0.05) is 19.3 Å². The summed E-state index contributed by atoms with van der Waals surface area (Å²) in [7, 11) is 0. The van der Waals surface area contributed by atoms with Gasteiger partial charge in [-0.05, 0) is 55.0 Å². The molecular formula is C24H25F2N3O. The lowest BCUT2D eigenvalue weighted by molar-refractivity contribution is 0.202. The molecule has 0 spiro atoms. The normalized spacial score (nSPS) is 22.0. The molecule has 1 saturated carbocycles. The van der Waals surface area contributed by atoms with Gasteiger partial charge in [0.05, 0.1) is 22.5 Å². The number of H-pyrrole nitrogens is 1. The van der Waals surface area contributed by atoms with E-state index in [1.807, 2.05) is 0 Å². The molecule has 2 N–H and O–H groups in total. The van der Waals surface area contributed by atoms with E-state index in [1.54, 1.807) is 18.2 Å². The van der Waals surface area contributed by atoms with Gasteiger partial charge in [0.1, 0.15) is 11.6 Å². The van der Waals surface area contributed by atoms with Crippen LogP contribution in [-0.2, 0) is 0 Å². The summed E-state index contributed by atoms with van der Waals surface area (Å²) in [6, 6.07) is 9.27. The molecule has 3 aromatic rings. The molecule has 1 aromatic heterocycles. The lowest BCUT2D eigenvalue weighted by Gasteiger charge is -2.42. The van der Waals surface area contributed by atoms with Gasteiger partial charge in [-0.2, -0.15) is 0 Å². The van der Waals surface area contributed by atoms with E-state index in [9.17, 15) is 13.9 Å². The molecule has 2 atom stereocenters. The van der Waals surface area contributed by atoms with Gasteiger partial charge in [-0.15, -0.1) is 0 Å². The van der Waals surface area contributed by atoms with Crippen molar-refractivity contribution in [2.75, 3.05) is 18.0 Å². The van der Waals surface area contributed by atoms with E-state index >= 15 is 0 Å². The van der Waals surface area contributed by atoms with E-state index in [4.69, 9.17) is 0 Å². The first-order valence-electron chi connectivity index (χ1n) is 10.7. The number of hydrogen-bond acceptors (Lipinski definition) is 3. The van der Waals surface area contributed by atoms with E-state index < -0.39 is 0 Å². The Kier molecular flexibility index (Phi) is 4.93. The molecule has 2 aromatic carbocycles. The Morgan fingerprint density at radius 2 is 1.87 bits per heavy atom. The van der Waals surface area contributed by atoms with Crippen molar-refractivity contribution in [3.63, 3.8) is 0 Å². The predicted molar refractivity (Wildman–Crippen MR) is 116 cm³/mol. The van der Waals surface area contributed by atoms with Crippen LogP contribution in [0.25, 0.3) is 10.9 Å². The van der Waals surface area contributed by atoms with Crippen molar-refractivity contribution in [1.82, 2.24) is 4.98 Å². The van der Waals surface area contributed by atoms with E-state index in [-0.39, 0.29) is 17.5 Å². The lowest BCUT2D eigenvalue weighted by Crippen LogP contribution is -2.42. The molecule has 0 bridgehead atoms. The van der Waals surface area contributed by atoms with Crippen LogP contribution in [0, 0.1) is 23.5 Å². The van der Waals surface area contributed by atoms with Gasteiger partial charge in [0.25, 0.3) is 0 Å². The fraction of sp³-hybridized carbons (Fsp3) is 0.375. The van der Waals surface area contributed by atoms with Crippen molar-refractivity contribution in [2.45, 2.75) is 32.1 Å². The van der Waals surface area contributed by atoms with Crippen molar-refractivity contribution in [3.8, 4) is 5.88 Å². The number of aromatic hydroxyl groups is 1. The number of anilines is 1. The van der Waals surface area contributed by atoms with Gasteiger partial charge >= 0.3 is 0 Å². The molecule has 1 aliphatic carbocycles. The van der Waals surface area contributed by atoms with Crippen LogP contribution in [0.1, 0.15) is 37.7 Å². The van der Waals surface area contributed by atoms with Crippen LogP contribution < -0.4 is 4.90 Å². The Hall–Kier alpha value is -2.89. The number of piperidine rings is 1. The molecule has 1 aliphatic heterocycles. The highest BCUT2D eigenvalue weighted by Crippen LogP contribution is 2.38. The molecule has 5 rings (SSSR count). The molecule has 6 heteroatoms. The molecule has 0 amide bonds. The maximum atomic E-state index is 14.9. The highest BCUT2D eigenvalue weighted by molar-refractivity contribution is 6.02. The third-order valence-electron chi connectivity index (χ3n) is 6.69. The van der Waals surface area contributed by atoms with Gasteiger partial charge < -0.3 is 15.0 Å². The van der Waals surface area contributed by atoms with Crippen LogP contribution in [0.5, 0.6) is 5.88 Å². The minimum atomic E-state index is -0.387. The second-order valence-corrected chi connectivity index (χ2v) is 8.51. The summed E-state index contributed by atoms with van der Waals surface area (Å²) >= 11 is 0. The van der Waals surface area contributed by atoms with Crippen LogP contribution in [-0.4, -0.2) is 29.4 Å². The van der Waals surface area contributed by atoms with Crippen LogP contribution >= 0.6 is 0 Å². The summed E-state index contributed by atoms with van der Waals surface area (Å²) in [6.07, 6.45) is 7.82. The smallest absolute Gasteiger partial charge is 0.198 e.